The molecule has 1 aliphatic heterocycles. The number of amides is 1. The number of hydrogen-bond acceptors (Lipinski definition) is 4. The normalized spacial score (nSPS) is 18.5. The molecule has 1 fully saturated rings. The van der Waals surface area contributed by atoms with Gasteiger partial charge in [0, 0.05) is 13.1 Å². The average Bonchev–Trinajstić information content (AvgIpc) is 2.72. The summed E-state index contributed by atoms with van der Waals surface area (Å²) in [5, 5.41) is 6.73. The zero-order valence-corrected chi connectivity index (χ0v) is 13.8. The van der Waals surface area contributed by atoms with E-state index in [9.17, 15) is 4.79 Å². The molecule has 2 N–H and O–H groups in total. The summed E-state index contributed by atoms with van der Waals surface area (Å²) in [6.07, 6.45) is 2.93. The third-order valence-corrected chi connectivity index (χ3v) is 3.95. The van der Waals surface area contributed by atoms with E-state index in [1.165, 1.54) is 0 Å². The number of hydrogen-bond donors (Lipinski definition) is 2. The first-order valence-corrected chi connectivity index (χ1v) is 8.03. The van der Waals surface area contributed by atoms with Gasteiger partial charge in [-0.15, -0.1) is 0 Å². The van der Waals surface area contributed by atoms with Crippen molar-refractivity contribution in [3.05, 3.63) is 22.7 Å². The molecule has 0 bridgehead atoms. The van der Waals surface area contributed by atoms with Crippen LogP contribution >= 0.6 is 11.6 Å². The highest BCUT2D eigenvalue weighted by molar-refractivity contribution is 6.32. The van der Waals surface area contributed by atoms with E-state index in [1.54, 1.807) is 7.11 Å². The summed E-state index contributed by atoms with van der Waals surface area (Å²) in [5.74, 6) is 1.24. The Morgan fingerprint density at radius 2 is 2.23 bits per heavy atom. The first kappa shape index (κ1) is 16.9. The fourth-order valence-electron chi connectivity index (χ4n) is 2.53. The zero-order chi connectivity index (χ0) is 15.9. The van der Waals surface area contributed by atoms with Gasteiger partial charge in [-0.05, 0) is 43.9 Å². The van der Waals surface area contributed by atoms with Crippen LogP contribution in [0.25, 0.3) is 0 Å². The summed E-state index contributed by atoms with van der Waals surface area (Å²) >= 11 is 6.26. The second-order valence-electron chi connectivity index (χ2n) is 5.26. The Hall–Kier alpha value is -1.46. The Bertz CT molecular complexity index is 522. The Kier molecular flexibility index (Phi) is 6.34. The number of carbonyl (C=O) groups excluding carboxylic acids is 1. The van der Waals surface area contributed by atoms with Gasteiger partial charge in [-0.3, -0.25) is 4.79 Å². The largest absolute Gasteiger partial charge is 0.493 e. The lowest BCUT2D eigenvalue weighted by Gasteiger charge is -2.17. The average molecular weight is 327 g/mol. The minimum atomic E-state index is -0.154. The third kappa shape index (κ3) is 4.27. The molecule has 0 saturated carbocycles. The molecule has 1 aromatic carbocycles. The van der Waals surface area contributed by atoms with Crippen molar-refractivity contribution in [2.24, 2.45) is 0 Å². The second kappa shape index (κ2) is 8.25. The maximum Gasteiger partial charge on any atom is 0.237 e. The summed E-state index contributed by atoms with van der Waals surface area (Å²) in [5.41, 5.74) is 0.961. The van der Waals surface area contributed by atoms with E-state index in [4.69, 9.17) is 21.1 Å². The molecule has 0 aliphatic carbocycles. The summed E-state index contributed by atoms with van der Waals surface area (Å²) < 4.78 is 10.8. The van der Waals surface area contributed by atoms with E-state index in [0.29, 0.717) is 29.7 Å². The topological polar surface area (TPSA) is 59.6 Å². The second-order valence-corrected chi connectivity index (χ2v) is 5.67. The van der Waals surface area contributed by atoms with Gasteiger partial charge in [0.1, 0.15) is 0 Å². The quantitative estimate of drug-likeness (QED) is 0.843. The minimum Gasteiger partial charge on any atom is -0.493 e. The molecule has 22 heavy (non-hydrogen) atoms. The SMILES string of the molecule is CCOc1c(Cl)cc(CN[C@@H]2CCCCNC2=O)cc1OC. The standard InChI is InChI=1S/C16H23ClN2O3/c1-3-22-15-12(17)8-11(9-14(15)21-2)10-19-13-6-4-5-7-18-16(13)20/h8-9,13,19H,3-7,10H2,1-2H3,(H,18,20)/t13-/m1/s1. The predicted molar refractivity (Wildman–Crippen MR) is 86.7 cm³/mol. The van der Waals surface area contributed by atoms with Gasteiger partial charge in [-0.25, -0.2) is 0 Å². The van der Waals surface area contributed by atoms with Crippen molar-refractivity contribution in [3.8, 4) is 11.5 Å². The smallest absolute Gasteiger partial charge is 0.237 e. The first-order chi connectivity index (χ1) is 10.7. The van der Waals surface area contributed by atoms with Gasteiger partial charge >= 0.3 is 0 Å². The van der Waals surface area contributed by atoms with Crippen LogP contribution in [0, 0.1) is 0 Å². The fraction of sp³-hybridized carbons (Fsp3) is 0.562. The molecule has 1 saturated heterocycles. The predicted octanol–water partition coefficient (Wildman–Crippen LogP) is 2.51. The van der Waals surface area contributed by atoms with Crippen molar-refractivity contribution >= 4 is 17.5 Å². The summed E-state index contributed by atoms with van der Waals surface area (Å²) in [7, 11) is 1.59. The summed E-state index contributed by atoms with van der Waals surface area (Å²) in [6, 6.07) is 3.58. The third-order valence-electron chi connectivity index (χ3n) is 3.67. The number of carbonyl (C=O) groups is 1. The van der Waals surface area contributed by atoms with Crippen molar-refractivity contribution < 1.29 is 14.3 Å². The molecule has 6 heteroatoms. The zero-order valence-electron chi connectivity index (χ0n) is 13.1. The summed E-state index contributed by atoms with van der Waals surface area (Å²) in [4.78, 5) is 11.9. The van der Waals surface area contributed by atoms with Crippen LogP contribution in [-0.4, -0.2) is 32.2 Å². The van der Waals surface area contributed by atoms with E-state index < -0.39 is 0 Å². The highest BCUT2D eigenvalue weighted by Crippen LogP contribution is 2.36. The molecule has 0 radical (unpaired) electrons. The Morgan fingerprint density at radius 1 is 1.41 bits per heavy atom. The van der Waals surface area contributed by atoms with Crippen LogP contribution in [0.15, 0.2) is 12.1 Å². The number of halogens is 1. The van der Waals surface area contributed by atoms with E-state index in [2.05, 4.69) is 10.6 Å². The molecule has 1 atom stereocenters. The molecule has 5 nitrogen and oxygen atoms in total. The van der Waals surface area contributed by atoms with Gasteiger partial charge in [-0.2, -0.15) is 0 Å². The summed E-state index contributed by atoms with van der Waals surface area (Å²) in [6.45, 7) is 3.74. The minimum absolute atomic E-state index is 0.0708. The van der Waals surface area contributed by atoms with Crippen LogP contribution in [0.4, 0.5) is 0 Å². The van der Waals surface area contributed by atoms with Crippen molar-refractivity contribution in [1.29, 1.82) is 0 Å². The Morgan fingerprint density at radius 3 is 2.95 bits per heavy atom. The van der Waals surface area contributed by atoms with Crippen LogP contribution in [-0.2, 0) is 11.3 Å². The molecule has 1 amide bonds. The van der Waals surface area contributed by atoms with Gasteiger partial charge in [0.15, 0.2) is 11.5 Å². The van der Waals surface area contributed by atoms with Crippen LogP contribution in [0.1, 0.15) is 31.7 Å². The number of nitrogens with one attached hydrogen (secondary N) is 2. The molecule has 1 aromatic rings. The monoisotopic (exact) mass is 326 g/mol. The first-order valence-electron chi connectivity index (χ1n) is 7.66. The molecule has 122 valence electrons. The van der Waals surface area contributed by atoms with Crippen LogP contribution in [0.5, 0.6) is 11.5 Å². The lowest BCUT2D eigenvalue weighted by molar-refractivity contribution is -0.122. The van der Waals surface area contributed by atoms with Crippen LogP contribution in [0.2, 0.25) is 5.02 Å². The lowest BCUT2D eigenvalue weighted by atomic mass is 10.1. The molecule has 0 unspecified atom stereocenters. The van der Waals surface area contributed by atoms with E-state index in [0.717, 1.165) is 31.4 Å². The molecule has 2 rings (SSSR count). The number of rotatable bonds is 6. The van der Waals surface area contributed by atoms with Gasteiger partial charge in [0.25, 0.3) is 0 Å². The maximum atomic E-state index is 11.9. The molecule has 1 heterocycles. The molecular formula is C16H23ClN2O3. The van der Waals surface area contributed by atoms with Crippen molar-refractivity contribution in [2.45, 2.75) is 38.8 Å². The van der Waals surface area contributed by atoms with E-state index >= 15 is 0 Å². The van der Waals surface area contributed by atoms with Crippen molar-refractivity contribution in [1.82, 2.24) is 10.6 Å². The van der Waals surface area contributed by atoms with Crippen molar-refractivity contribution in [3.63, 3.8) is 0 Å². The molecule has 1 aliphatic rings. The van der Waals surface area contributed by atoms with E-state index in [-0.39, 0.29) is 11.9 Å². The Labute approximate surface area is 136 Å². The highest BCUT2D eigenvalue weighted by Gasteiger charge is 2.20. The molecule has 0 spiro atoms. The van der Waals surface area contributed by atoms with Crippen LogP contribution < -0.4 is 20.1 Å². The molecular weight excluding hydrogens is 304 g/mol. The van der Waals surface area contributed by atoms with Gasteiger partial charge in [0.05, 0.1) is 24.8 Å². The number of ether oxygens (including phenoxy) is 2. The van der Waals surface area contributed by atoms with Gasteiger partial charge in [0.2, 0.25) is 5.91 Å². The number of benzene rings is 1. The number of methoxy groups -OCH3 is 1. The maximum absolute atomic E-state index is 11.9. The van der Waals surface area contributed by atoms with Crippen molar-refractivity contribution in [2.75, 3.05) is 20.3 Å². The Balaban J connectivity index is 2.06. The lowest BCUT2D eigenvalue weighted by Crippen LogP contribution is -2.42. The molecule has 0 aromatic heterocycles. The van der Waals surface area contributed by atoms with Gasteiger partial charge < -0.3 is 20.1 Å². The van der Waals surface area contributed by atoms with Gasteiger partial charge in [-0.1, -0.05) is 11.6 Å². The van der Waals surface area contributed by atoms with E-state index in [1.807, 2.05) is 19.1 Å². The fourth-order valence-corrected chi connectivity index (χ4v) is 2.82. The van der Waals surface area contributed by atoms with Crippen LogP contribution in [0.3, 0.4) is 0 Å². The highest BCUT2D eigenvalue weighted by atomic mass is 35.5.